The van der Waals surface area contributed by atoms with Gasteiger partial charge in [-0.3, -0.25) is 4.79 Å². The van der Waals surface area contributed by atoms with Crippen molar-refractivity contribution >= 4 is 27.7 Å². The lowest BCUT2D eigenvalue weighted by Gasteiger charge is -2.19. The van der Waals surface area contributed by atoms with Crippen molar-refractivity contribution < 1.29 is 13.2 Å². The largest absolute Gasteiger partial charge is 0.331 e. The molecule has 1 amide bonds. The van der Waals surface area contributed by atoms with E-state index in [0.29, 0.717) is 13.0 Å². The molecule has 0 saturated carbocycles. The molecular formula is C14H19N3O3S2. The molecule has 1 aromatic rings. The SMILES string of the molecule is O=C([C@@H]1C[C@H](NS(=O)(=O)c2ccccc2)CN1)N1CCSC1. The predicted octanol–water partition coefficient (Wildman–Crippen LogP) is 0.228. The highest BCUT2D eigenvalue weighted by molar-refractivity contribution is 7.99. The smallest absolute Gasteiger partial charge is 0.240 e. The zero-order valence-electron chi connectivity index (χ0n) is 12.1. The Bertz CT molecular complexity index is 630. The Hall–Kier alpha value is -1.09. The van der Waals surface area contributed by atoms with E-state index >= 15 is 0 Å². The molecular weight excluding hydrogens is 322 g/mol. The van der Waals surface area contributed by atoms with Crippen LogP contribution in [0.25, 0.3) is 0 Å². The summed E-state index contributed by atoms with van der Waals surface area (Å²) in [5.41, 5.74) is 0. The number of benzene rings is 1. The molecule has 1 aromatic carbocycles. The van der Waals surface area contributed by atoms with Crippen LogP contribution in [0.5, 0.6) is 0 Å². The fourth-order valence-corrected chi connectivity index (χ4v) is 4.93. The van der Waals surface area contributed by atoms with Crippen molar-refractivity contribution in [2.45, 2.75) is 23.4 Å². The number of amides is 1. The highest BCUT2D eigenvalue weighted by Gasteiger charge is 2.35. The normalized spacial score (nSPS) is 25.5. The standard InChI is InChI=1S/C14H19N3O3S2/c18-14(17-6-7-21-10-17)13-8-11(9-15-13)16-22(19,20)12-4-2-1-3-5-12/h1-5,11,13,15-16H,6-10H2/t11-,13-/m0/s1. The molecule has 3 rings (SSSR count). The third-order valence-electron chi connectivity index (χ3n) is 3.87. The van der Waals surface area contributed by atoms with E-state index in [-0.39, 0.29) is 22.9 Å². The molecule has 0 radical (unpaired) electrons. The molecule has 2 N–H and O–H groups in total. The van der Waals surface area contributed by atoms with Gasteiger partial charge < -0.3 is 10.2 Å². The van der Waals surface area contributed by atoms with Crippen LogP contribution in [0.15, 0.2) is 35.2 Å². The first kappa shape index (κ1) is 15.8. The van der Waals surface area contributed by atoms with Gasteiger partial charge >= 0.3 is 0 Å². The highest BCUT2D eigenvalue weighted by Crippen LogP contribution is 2.18. The van der Waals surface area contributed by atoms with Gasteiger partial charge in [0.2, 0.25) is 15.9 Å². The van der Waals surface area contributed by atoms with Gasteiger partial charge in [0.15, 0.2) is 0 Å². The minimum atomic E-state index is -3.53. The summed E-state index contributed by atoms with van der Waals surface area (Å²) in [5.74, 6) is 1.78. The molecule has 0 unspecified atom stereocenters. The average molecular weight is 341 g/mol. The Morgan fingerprint density at radius 2 is 2.09 bits per heavy atom. The lowest BCUT2D eigenvalue weighted by atomic mass is 10.1. The van der Waals surface area contributed by atoms with E-state index in [2.05, 4.69) is 10.0 Å². The third kappa shape index (κ3) is 3.45. The average Bonchev–Trinajstić information content (AvgIpc) is 3.18. The van der Waals surface area contributed by atoms with Crippen LogP contribution in [0, 0.1) is 0 Å². The maximum absolute atomic E-state index is 12.3. The van der Waals surface area contributed by atoms with E-state index in [1.165, 1.54) is 0 Å². The highest BCUT2D eigenvalue weighted by atomic mass is 32.2. The van der Waals surface area contributed by atoms with Gasteiger partial charge in [0.1, 0.15) is 0 Å². The van der Waals surface area contributed by atoms with E-state index in [0.717, 1.165) is 18.2 Å². The van der Waals surface area contributed by atoms with Gasteiger partial charge in [-0.15, -0.1) is 11.8 Å². The maximum Gasteiger partial charge on any atom is 0.240 e. The summed E-state index contributed by atoms with van der Waals surface area (Å²) >= 11 is 1.74. The Balaban J connectivity index is 1.60. The van der Waals surface area contributed by atoms with Crippen LogP contribution in [-0.4, -0.2) is 56.0 Å². The van der Waals surface area contributed by atoms with Crippen LogP contribution >= 0.6 is 11.8 Å². The minimum absolute atomic E-state index is 0.0754. The number of hydrogen-bond donors (Lipinski definition) is 2. The Kier molecular flexibility index (Phi) is 4.72. The van der Waals surface area contributed by atoms with Crippen LogP contribution in [0.3, 0.4) is 0 Å². The molecule has 8 heteroatoms. The molecule has 120 valence electrons. The second-order valence-corrected chi connectivity index (χ2v) is 8.26. The van der Waals surface area contributed by atoms with Crippen LogP contribution < -0.4 is 10.0 Å². The molecule has 2 fully saturated rings. The summed E-state index contributed by atoms with van der Waals surface area (Å²) in [6.07, 6.45) is 0.492. The van der Waals surface area contributed by atoms with Gasteiger partial charge in [-0.25, -0.2) is 13.1 Å². The number of nitrogens with one attached hydrogen (secondary N) is 2. The first-order valence-electron chi connectivity index (χ1n) is 7.23. The van der Waals surface area contributed by atoms with E-state index < -0.39 is 10.0 Å². The molecule has 22 heavy (non-hydrogen) atoms. The van der Waals surface area contributed by atoms with Crippen molar-refractivity contribution in [1.29, 1.82) is 0 Å². The van der Waals surface area contributed by atoms with Gasteiger partial charge in [-0.1, -0.05) is 18.2 Å². The van der Waals surface area contributed by atoms with Crippen molar-refractivity contribution in [3.8, 4) is 0 Å². The molecule has 2 aliphatic rings. The number of thioether (sulfide) groups is 1. The van der Waals surface area contributed by atoms with E-state index in [1.807, 2.05) is 4.90 Å². The zero-order valence-corrected chi connectivity index (χ0v) is 13.7. The van der Waals surface area contributed by atoms with Gasteiger partial charge in [-0.2, -0.15) is 0 Å². The summed E-state index contributed by atoms with van der Waals surface area (Å²) in [7, 11) is -3.53. The van der Waals surface area contributed by atoms with Gasteiger partial charge in [0, 0.05) is 24.9 Å². The number of hydrogen-bond acceptors (Lipinski definition) is 5. The fraction of sp³-hybridized carbons (Fsp3) is 0.500. The van der Waals surface area contributed by atoms with Crippen molar-refractivity contribution in [3.05, 3.63) is 30.3 Å². The number of rotatable bonds is 4. The molecule has 2 heterocycles. The van der Waals surface area contributed by atoms with Crippen molar-refractivity contribution in [3.63, 3.8) is 0 Å². The molecule has 0 aromatic heterocycles. The molecule has 2 aliphatic heterocycles. The molecule has 2 atom stereocenters. The number of carbonyl (C=O) groups is 1. The van der Waals surface area contributed by atoms with Crippen LogP contribution in [0.1, 0.15) is 6.42 Å². The molecule has 0 spiro atoms. The summed E-state index contributed by atoms with van der Waals surface area (Å²) in [6.45, 7) is 1.26. The van der Waals surface area contributed by atoms with Gasteiger partial charge in [0.05, 0.1) is 16.8 Å². The Morgan fingerprint density at radius 3 is 2.77 bits per heavy atom. The topological polar surface area (TPSA) is 78.5 Å². The number of nitrogens with zero attached hydrogens (tertiary/aromatic N) is 1. The maximum atomic E-state index is 12.3. The predicted molar refractivity (Wildman–Crippen MR) is 86.0 cm³/mol. The Labute approximate surface area is 134 Å². The van der Waals surface area contributed by atoms with Crippen molar-refractivity contribution in [1.82, 2.24) is 14.9 Å². The summed E-state index contributed by atoms with van der Waals surface area (Å²) in [5, 5.41) is 3.13. The summed E-state index contributed by atoms with van der Waals surface area (Å²) < 4.78 is 27.2. The van der Waals surface area contributed by atoms with Crippen molar-refractivity contribution in [2.75, 3.05) is 24.7 Å². The lowest BCUT2D eigenvalue weighted by molar-refractivity contribution is -0.131. The van der Waals surface area contributed by atoms with Crippen LogP contribution in [0.2, 0.25) is 0 Å². The second-order valence-electron chi connectivity index (χ2n) is 5.47. The minimum Gasteiger partial charge on any atom is -0.331 e. The third-order valence-corrected chi connectivity index (χ3v) is 6.37. The first-order chi connectivity index (χ1) is 10.6. The number of sulfonamides is 1. The second kappa shape index (κ2) is 6.57. The lowest BCUT2D eigenvalue weighted by Crippen LogP contribution is -2.42. The molecule has 6 nitrogen and oxygen atoms in total. The molecule has 0 aliphatic carbocycles. The summed E-state index contributed by atoms with van der Waals surface area (Å²) in [6, 6.07) is 7.75. The number of carbonyl (C=O) groups excluding carboxylic acids is 1. The van der Waals surface area contributed by atoms with Gasteiger partial charge in [-0.05, 0) is 18.6 Å². The zero-order chi connectivity index (χ0) is 15.6. The van der Waals surface area contributed by atoms with Crippen LogP contribution in [-0.2, 0) is 14.8 Å². The molecule has 2 saturated heterocycles. The monoisotopic (exact) mass is 341 g/mol. The van der Waals surface area contributed by atoms with Gasteiger partial charge in [0.25, 0.3) is 0 Å². The quantitative estimate of drug-likeness (QED) is 0.820. The van der Waals surface area contributed by atoms with E-state index in [1.54, 1.807) is 42.1 Å². The summed E-state index contributed by atoms with van der Waals surface area (Å²) in [4.78, 5) is 14.4. The first-order valence-corrected chi connectivity index (χ1v) is 9.87. The van der Waals surface area contributed by atoms with Crippen molar-refractivity contribution in [2.24, 2.45) is 0 Å². The van der Waals surface area contributed by atoms with E-state index in [4.69, 9.17) is 0 Å². The fourth-order valence-electron chi connectivity index (χ4n) is 2.71. The Morgan fingerprint density at radius 1 is 1.32 bits per heavy atom. The van der Waals surface area contributed by atoms with Crippen LogP contribution in [0.4, 0.5) is 0 Å². The van der Waals surface area contributed by atoms with E-state index in [9.17, 15) is 13.2 Å². The molecule has 0 bridgehead atoms.